The lowest BCUT2D eigenvalue weighted by molar-refractivity contribution is -0.384. The first-order valence-electron chi connectivity index (χ1n) is 12.1. The fraction of sp³-hybridized carbons (Fsp3) is 0.250. The highest BCUT2D eigenvalue weighted by molar-refractivity contribution is 6.25. The minimum absolute atomic E-state index is 0.126. The van der Waals surface area contributed by atoms with Crippen LogP contribution in [0.5, 0.6) is 0 Å². The van der Waals surface area contributed by atoms with Gasteiger partial charge in [0.25, 0.3) is 5.69 Å². The Hall–Kier alpha value is -4.53. The lowest BCUT2D eigenvalue weighted by atomic mass is 9.88. The minimum Gasteiger partial charge on any atom is -0.464 e. The first-order valence-corrected chi connectivity index (χ1v) is 12.1. The third-order valence-electron chi connectivity index (χ3n) is 7.59. The zero-order valence-corrected chi connectivity index (χ0v) is 20.2. The second kappa shape index (κ2) is 8.26. The number of hydrogen-bond acceptors (Lipinski definition) is 7. The molecule has 9 nitrogen and oxygen atoms in total. The highest BCUT2D eigenvalue weighted by Crippen LogP contribution is 2.50. The zero-order chi connectivity index (χ0) is 26.0. The van der Waals surface area contributed by atoms with Gasteiger partial charge < -0.3 is 9.64 Å². The van der Waals surface area contributed by atoms with E-state index in [-0.39, 0.29) is 18.0 Å². The van der Waals surface area contributed by atoms with Crippen molar-refractivity contribution in [2.45, 2.75) is 25.9 Å². The number of esters is 1. The minimum atomic E-state index is -1.01. The summed E-state index contributed by atoms with van der Waals surface area (Å²) in [4.78, 5) is 54.8. The van der Waals surface area contributed by atoms with Crippen LogP contribution in [0, 0.1) is 28.9 Å². The van der Waals surface area contributed by atoms with Gasteiger partial charge in [0.05, 0.1) is 35.1 Å². The number of fused-ring (bicyclic) bond motifs is 7. The van der Waals surface area contributed by atoms with Crippen LogP contribution in [-0.2, 0) is 19.1 Å². The molecule has 3 aliphatic heterocycles. The van der Waals surface area contributed by atoms with E-state index in [1.54, 1.807) is 13.8 Å². The quantitative estimate of drug-likeness (QED) is 0.232. The fourth-order valence-corrected chi connectivity index (χ4v) is 6.01. The standard InChI is InChI=1S/C28H23N3O6/c1-3-37-28(34)25-24-23(26(32)30(27(24)33)22-14-17(31(35)36)10-8-15(22)2)21-13-11-19-18-7-5-4-6-16(18)9-12-20(19)29(21)25/h4-14,21,23-25H,3H2,1-2H3/t21-,23-,24+,25-/m1/s1. The van der Waals surface area contributed by atoms with E-state index < -0.39 is 46.6 Å². The monoisotopic (exact) mass is 497 g/mol. The Kier molecular flexibility index (Phi) is 5.11. The summed E-state index contributed by atoms with van der Waals surface area (Å²) in [5, 5.41) is 13.4. The molecule has 0 aromatic heterocycles. The normalized spacial score (nSPS) is 23.7. The number of aryl methyl sites for hydroxylation is 1. The van der Waals surface area contributed by atoms with Crippen LogP contribution in [0.4, 0.5) is 17.1 Å². The Bertz CT molecular complexity index is 1550. The Balaban J connectivity index is 1.50. The summed E-state index contributed by atoms with van der Waals surface area (Å²) in [6.45, 7) is 3.51. The molecule has 0 bridgehead atoms. The van der Waals surface area contributed by atoms with Crippen molar-refractivity contribution in [1.29, 1.82) is 0 Å². The molecule has 0 N–H and O–H groups in total. The Morgan fingerprint density at radius 1 is 1.03 bits per heavy atom. The first-order chi connectivity index (χ1) is 17.8. The van der Waals surface area contributed by atoms with Gasteiger partial charge in [-0.1, -0.05) is 48.6 Å². The number of nitro benzene ring substituents is 1. The number of nitro groups is 1. The van der Waals surface area contributed by atoms with Crippen LogP contribution in [-0.4, -0.2) is 41.4 Å². The van der Waals surface area contributed by atoms with E-state index in [0.29, 0.717) is 5.56 Å². The third-order valence-corrected chi connectivity index (χ3v) is 7.59. The van der Waals surface area contributed by atoms with E-state index in [0.717, 1.165) is 26.9 Å². The van der Waals surface area contributed by atoms with E-state index in [1.807, 2.05) is 53.5 Å². The molecule has 0 unspecified atom stereocenters. The number of non-ortho nitro benzene ring substituents is 1. The Morgan fingerprint density at radius 3 is 2.54 bits per heavy atom. The second-order valence-corrected chi connectivity index (χ2v) is 9.46. The number of ether oxygens (including phenoxy) is 1. The average Bonchev–Trinajstić information content (AvgIpc) is 3.37. The van der Waals surface area contributed by atoms with Gasteiger partial charge in [-0.05, 0) is 36.2 Å². The zero-order valence-electron chi connectivity index (χ0n) is 20.2. The van der Waals surface area contributed by atoms with E-state index in [4.69, 9.17) is 4.74 Å². The van der Waals surface area contributed by atoms with Gasteiger partial charge in [-0.3, -0.25) is 19.7 Å². The van der Waals surface area contributed by atoms with Crippen molar-refractivity contribution in [2.24, 2.45) is 11.8 Å². The maximum atomic E-state index is 13.9. The van der Waals surface area contributed by atoms with Crippen molar-refractivity contribution >= 4 is 51.7 Å². The number of carbonyl (C=O) groups excluding carboxylic acids is 3. The largest absolute Gasteiger partial charge is 0.464 e. The number of nitrogens with zero attached hydrogens (tertiary/aromatic N) is 3. The molecule has 2 amide bonds. The predicted molar refractivity (Wildman–Crippen MR) is 137 cm³/mol. The van der Waals surface area contributed by atoms with E-state index >= 15 is 0 Å². The number of rotatable bonds is 4. The summed E-state index contributed by atoms with van der Waals surface area (Å²) in [5.41, 5.74) is 2.17. The lowest BCUT2D eigenvalue weighted by Gasteiger charge is -2.36. The summed E-state index contributed by atoms with van der Waals surface area (Å²) in [6.07, 6.45) is 3.82. The average molecular weight is 498 g/mol. The van der Waals surface area contributed by atoms with E-state index in [2.05, 4.69) is 0 Å². The van der Waals surface area contributed by atoms with Crippen molar-refractivity contribution in [3.8, 4) is 0 Å². The lowest BCUT2D eigenvalue weighted by Crippen LogP contribution is -2.49. The van der Waals surface area contributed by atoms with Crippen molar-refractivity contribution in [3.05, 3.63) is 81.9 Å². The predicted octanol–water partition coefficient (Wildman–Crippen LogP) is 4.01. The summed E-state index contributed by atoms with van der Waals surface area (Å²) < 4.78 is 5.41. The molecule has 186 valence electrons. The molecule has 6 rings (SSSR count). The molecule has 3 aromatic rings. The number of carbonyl (C=O) groups is 3. The van der Waals surface area contributed by atoms with Gasteiger partial charge >= 0.3 is 5.97 Å². The summed E-state index contributed by atoms with van der Waals surface area (Å²) in [5.74, 6) is -3.43. The van der Waals surface area contributed by atoms with Gasteiger partial charge in [0.1, 0.15) is 6.04 Å². The molecule has 37 heavy (non-hydrogen) atoms. The summed E-state index contributed by atoms with van der Waals surface area (Å²) >= 11 is 0. The van der Waals surface area contributed by atoms with Gasteiger partial charge in [0, 0.05) is 23.4 Å². The molecule has 4 atom stereocenters. The molecule has 3 aliphatic rings. The maximum Gasteiger partial charge on any atom is 0.329 e. The van der Waals surface area contributed by atoms with E-state index in [1.165, 1.54) is 18.2 Å². The van der Waals surface area contributed by atoms with Gasteiger partial charge in [0.2, 0.25) is 11.8 Å². The van der Waals surface area contributed by atoms with Crippen molar-refractivity contribution in [2.75, 3.05) is 16.4 Å². The smallest absolute Gasteiger partial charge is 0.329 e. The summed E-state index contributed by atoms with van der Waals surface area (Å²) in [7, 11) is 0. The number of anilines is 2. The SMILES string of the molecule is CCOC(=O)[C@H]1[C@H]2C(=O)N(c3cc([N+](=O)[O-])ccc3C)C(=O)[C@@H]2[C@H]2C=Cc3c(ccc4ccccc34)N21. The molecule has 0 radical (unpaired) electrons. The van der Waals surface area contributed by atoms with Crippen molar-refractivity contribution < 1.29 is 24.0 Å². The van der Waals surface area contributed by atoms with Crippen LogP contribution < -0.4 is 9.80 Å². The van der Waals surface area contributed by atoms with Crippen LogP contribution in [0.3, 0.4) is 0 Å². The van der Waals surface area contributed by atoms with Crippen LogP contribution in [0.15, 0.2) is 60.7 Å². The molecule has 0 aliphatic carbocycles. The molecule has 3 aromatic carbocycles. The number of imide groups is 1. The maximum absolute atomic E-state index is 13.9. The van der Waals surface area contributed by atoms with Crippen LogP contribution in [0.2, 0.25) is 0 Å². The molecule has 0 saturated carbocycles. The van der Waals surface area contributed by atoms with Gasteiger partial charge in [0.15, 0.2) is 0 Å². The second-order valence-electron chi connectivity index (χ2n) is 9.46. The van der Waals surface area contributed by atoms with Gasteiger partial charge in [-0.2, -0.15) is 0 Å². The van der Waals surface area contributed by atoms with Crippen molar-refractivity contribution in [3.63, 3.8) is 0 Å². The highest BCUT2D eigenvalue weighted by atomic mass is 16.6. The molecule has 9 heteroatoms. The van der Waals surface area contributed by atoms with Crippen LogP contribution in [0.25, 0.3) is 16.8 Å². The van der Waals surface area contributed by atoms with Crippen LogP contribution >= 0.6 is 0 Å². The highest BCUT2D eigenvalue weighted by Gasteiger charge is 2.65. The van der Waals surface area contributed by atoms with E-state index in [9.17, 15) is 24.5 Å². The summed E-state index contributed by atoms with van der Waals surface area (Å²) in [6, 6.07) is 14.3. The fourth-order valence-electron chi connectivity index (χ4n) is 6.01. The topological polar surface area (TPSA) is 110 Å². The Morgan fingerprint density at radius 2 is 1.78 bits per heavy atom. The molecular formula is C28H23N3O6. The molecule has 2 saturated heterocycles. The Labute approximate surface area is 212 Å². The number of benzene rings is 3. The van der Waals surface area contributed by atoms with Crippen molar-refractivity contribution in [1.82, 2.24) is 0 Å². The van der Waals surface area contributed by atoms with Gasteiger partial charge in [-0.25, -0.2) is 9.69 Å². The third kappa shape index (κ3) is 3.20. The number of hydrogen-bond donors (Lipinski definition) is 0. The molecule has 0 spiro atoms. The molecule has 3 heterocycles. The molecule has 2 fully saturated rings. The first kappa shape index (κ1) is 22.9. The molecular weight excluding hydrogens is 474 g/mol. The van der Waals surface area contributed by atoms with Crippen LogP contribution in [0.1, 0.15) is 18.1 Å². The number of amides is 2. The van der Waals surface area contributed by atoms with Gasteiger partial charge in [-0.15, -0.1) is 0 Å².